The highest BCUT2D eigenvalue weighted by Crippen LogP contribution is 2.50. The van der Waals surface area contributed by atoms with Crippen molar-refractivity contribution in [1.29, 1.82) is 0 Å². The zero-order valence-electron chi connectivity index (χ0n) is 22.1. The van der Waals surface area contributed by atoms with Gasteiger partial charge in [0.05, 0.1) is 25.6 Å². The number of nitrogens with one attached hydrogen (secondary N) is 1. The summed E-state index contributed by atoms with van der Waals surface area (Å²) in [4.78, 5) is 38.1. The van der Waals surface area contributed by atoms with Gasteiger partial charge in [0.25, 0.3) is 0 Å². The number of nitrogen functional groups attached to an aromatic ring is 1. The van der Waals surface area contributed by atoms with E-state index in [1.165, 1.54) is 13.3 Å². The minimum Gasteiger partial charge on any atom is -0.465 e. The number of hydrogen-bond donors (Lipinski definition) is 2. The number of hydrogen-bond acceptors (Lipinski definition) is 11. The Bertz CT molecular complexity index is 1460. The molecule has 1 aliphatic carbocycles. The Balaban J connectivity index is 1.49. The van der Waals surface area contributed by atoms with Crippen molar-refractivity contribution in [2.45, 2.75) is 44.9 Å². The van der Waals surface area contributed by atoms with Gasteiger partial charge in [-0.05, 0) is 31.1 Å². The molecule has 3 heterocycles. The van der Waals surface area contributed by atoms with Crippen molar-refractivity contribution in [3.63, 3.8) is 0 Å². The molecule has 2 fully saturated rings. The average Bonchev–Trinajstić information content (AvgIpc) is 3.44. The Morgan fingerprint density at radius 1 is 1.18 bits per heavy atom. The van der Waals surface area contributed by atoms with Gasteiger partial charge >= 0.3 is 19.7 Å². The first-order valence-electron chi connectivity index (χ1n) is 12.9. The van der Waals surface area contributed by atoms with E-state index in [-0.39, 0.29) is 43.5 Å². The first-order chi connectivity index (χ1) is 19.2. The Morgan fingerprint density at radius 3 is 2.73 bits per heavy atom. The minimum absolute atomic E-state index is 0.00815. The van der Waals surface area contributed by atoms with E-state index in [9.17, 15) is 14.2 Å². The number of cyclic esters (lactones) is 1. The number of benzene rings is 1. The number of carbonyl (C=O) groups is 2. The highest BCUT2D eigenvalue weighted by atomic mass is 31.2. The molecule has 6 atom stereocenters. The lowest BCUT2D eigenvalue weighted by Crippen LogP contribution is -2.37. The molecule has 14 heteroatoms. The second-order valence-corrected chi connectivity index (χ2v) is 11.5. The molecule has 1 saturated heterocycles. The zero-order chi connectivity index (χ0) is 28.4. The van der Waals surface area contributed by atoms with Crippen LogP contribution in [0.25, 0.3) is 11.2 Å². The standard InChI is InChI=1S/C26H31N6O7P/c1-15-19-12-37-40(35,39-18-8-5-4-6-9-18)31-17(3)26(34)36-11-7-10-20(33)38-23(19)16(2)22(15)32-14-30-21-24(27)28-13-29-25(21)32/h4-6,8-9,13-14,16-17,19,22-23H,1,7,10-12H2,2-3H3,(H,31,35)(H2,27,28,29)/t16?,17-,19-,22?,23-,40?/m0/s1. The molecule has 2 aliphatic rings. The van der Waals surface area contributed by atoms with E-state index in [1.807, 2.05) is 11.5 Å². The number of para-hydroxylation sites is 1. The maximum absolute atomic E-state index is 14.0. The number of anilines is 1. The third kappa shape index (κ3) is 5.58. The summed E-state index contributed by atoms with van der Waals surface area (Å²) in [5, 5.41) is 2.68. The number of fused-ring (bicyclic) bond motifs is 2. The largest absolute Gasteiger partial charge is 0.465 e. The van der Waals surface area contributed by atoms with E-state index in [0.717, 1.165) is 0 Å². The Hall–Kier alpha value is -3.80. The normalized spacial score (nSPS) is 30.2. The van der Waals surface area contributed by atoms with Gasteiger partial charge in [-0.3, -0.25) is 14.1 Å². The molecule has 40 heavy (non-hydrogen) atoms. The van der Waals surface area contributed by atoms with Crippen molar-refractivity contribution in [1.82, 2.24) is 24.6 Å². The fourth-order valence-electron chi connectivity index (χ4n) is 5.11. The summed E-state index contributed by atoms with van der Waals surface area (Å²) in [7, 11) is -4.13. The van der Waals surface area contributed by atoms with E-state index >= 15 is 0 Å². The van der Waals surface area contributed by atoms with Gasteiger partial charge in [0, 0.05) is 18.3 Å². The predicted molar refractivity (Wildman–Crippen MR) is 144 cm³/mol. The Kier molecular flexibility index (Phi) is 7.88. The number of nitrogens with two attached hydrogens (primary N) is 1. The lowest BCUT2D eigenvalue weighted by atomic mass is 10.0. The number of esters is 2. The molecule has 2 aromatic heterocycles. The van der Waals surface area contributed by atoms with Gasteiger partial charge < -0.3 is 24.3 Å². The lowest BCUT2D eigenvalue weighted by molar-refractivity contribution is -0.155. The van der Waals surface area contributed by atoms with E-state index in [1.54, 1.807) is 36.7 Å². The van der Waals surface area contributed by atoms with Gasteiger partial charge in [0.15, 0.2) is 11.5 Å². The third-order valence-electron chi connectivity index (χ3n) is 7.09. The summed E-state index contributed by atoms with van der Waals surface area (Å²) in [5.74, 6) is -1.45. The summed E-state index contributed by atoms with van der Waals surface area (Å²) in [5.41, 5.74) is 7.60. The fourth-order valence-corrected chi connectivity index (χ4v) is 6.63. The molecule has 0 bridgehead atoms. The van der Waals surface area contributed by atoms with E-state index in [0.29, 0.717) is 16.7 Å². The highest BCUT2D eigenvalue weighted by Gasteiger charge is 2.49. The van der Waals surface area contributed by atoms with Crippen LogP contribution in [0.3, 0.4) is 0 Å². The maximum Gasteiger partial charge on any atom is 0.459 e. The summed E-state index contributed by atoms with van der Waals surface area (Å²) in [6, 6.07) is 7.05. The molecule has 0 amide bonds. The second-order valence-electron chi connectivity index (χ2n) is 9.84. The molecular formula is C26H31N6O7P. The molecular weight excluding hydrogens is 539 g/mol. The van der Waals surface area contributed by atoms with Crippen molar-refractivity contribution in [2.24, 2.45) is 11.8 Å². The topological polar surface area (TPSA) is 170 Å². The number of imidazole rings is 1. The summed E-state index contributed by atoms with van der Waals surface area (Å²) in [6.45, 7) is 7.56. The molecule has 3 unspecified atom stereocenters. The smallest absolute Gasteiger partial charge is 0.459 e. The quantitative estimate of drug-likeness (QED) is 0.268. The molecule has 1 aromatic carbocycles. The van der Waals surface area contributed by atoms with Gasteiger partial charge in [-0.1, -0.05) is 31.7 Å². The molecule has 5 rings (SSSR count). The van der Waals surface area contributed by atoms with E-state index in [4.69, 9.17) is 24.3 Å². The number of nitrogens with zero attached hydrogens (tertiary/aromatic N) is 4. The number of ether oxygens (including phenoxy) is 2. The van der Waals surface area contributed by atoms with Crippen LogP contribution in [-0.2, 0) is 28.2 Å². The lowest BCUT2D eigenvalue weighted by Gasteiger charge is -2.27. The van der Waals surface area contributed by atoms with Crippen LogP contribution in [0, 0.1) is 11.8 Å². The maximum atomic E-state index is 14.0. The molecule has 3 aromatic rings. The summed E-state index contributed by atoms with van der Waals surface area (Å²) >= 11 is 0. The third-order valence-corrected chi connectivity index (χ3v) is 8.73. The number of aromatic nitrogens is 4. The average molecular weight is 571 g/mol. The number of carbonyl (C=O) groups excluding carboxylic acids is 2. The highest BCUT2D eigenvalue weighted by molar-refractivity contribution is 7.52. The second kappa shape index (κ2) is 11.4. The first-order valence-corrected chi connectivity index (χ1v) is 14.5. The van der Waals surface area contributed by atoms with Crippen molar-refractivity contribution in [3.05, 3.63) is 55.1 Å². The van der Waals surface area contributed by atoms with Crippen LogP contribution < -0.4 is 15.3 Å². The van der Waals surface area contributed by atoms with Crippen molar-refractivity contribution >= 4 is 36.7 Å². The van der Waals surface area contributed by atoms with Crippen LogP contribution in [0.4, 0.5) is 5.82 Å². The van der Waals surface area contributed by atoms with Gasteiger partial charge in [0.2, 0.25) is 0 Å². The monoisotopic (exact) mass is 570 g/mol. The molecule has 0 radical (unpaired) electrons. The molecule has 1 aliphatic heterocycles. The molecule has 212 valence electrons. The van der Waals surface area contributed by atoms with Gasteiger partial charge in [-0.25, -0.2) is 19.5 Å². The molecule has 3 N–H and O–H groups in total. The van der Waals surface area contributed by atoms with E-state index < -0.39 is 43.8 Å². The molecule has 0 spiro atoms. The van der Waals surface area contributed by atoms with Gasteiger partial charge in [-0.2, -0.15) is 5.09 Å². The van der Waals surface area contributed by atoms with Crippen molar-refractivity contribution in [2.75, 3.05) is 18.9 Å². The Labute approximate surface area is 230 Å². The van der Waals surface area contributed by atoms with Crippen LogP contribution in [0.2, 0.25) is 0 Å². The molecule has 1 saturated carbocycles. The van der Waals surface area contributed by atoms with Crippen LogP contribution in [0.5, 0.6) is 5.75 Å². The van der Waals surface area contributed by atoms with Crippen LogP contribution in [-0.4, -0.2) is 56.8 Å². The Morgan fingerprint density at radius 2 is 1.95 bits per heavy atom. The zero-order valence-corrected chi connectivity index (χ0v) is 23.0. The molecule has 13 nitrogen and oxygen atoms in total. The minimum atomic E-state index is -4.13. The van der Waals surface area contributed by atoms with E-state index in [2.05, 4.69) is 26.6 Å². The number of rotatable bonds is 3. The fraction of sp³-hybridized carbons (Fsp3) is 0.423. The predicted octanol–water partition coefficient (Wildman–Crippen LogP) is 3.20. The van der Waals surface area contributed by atoms with Crippen molar-refractivity contribution < 1.29 is 32.7 Å². The first kappa shape index (κ1) is 27.8. The van der Waals surface area contributed by atoms with Crippen LogP contribution >= 0.6 is 7.75 Å². The SMILES string of the molecule is C=C1C(n2cnc3c(N)ncnc32)C(C)[C@@H]2OC(=O)CCCOC(=O)[C@H](C)NP(=O)(Oc3ccccc3)OC[C@@H]12. The van der Waals surface area contributed by atoms with Gasteiger partial charge in [0.1, 0.15) is 29.7 Å². The summed E-state index contributed by atoms with van der Waals surface area (Å²) < 4.78 is 38.7. The van der Waals surface area contributed by atoms with Crippen molar-refractivity contribution in [3.8, 4) is 5.75 Å². The van der Waals surface area contributed by atoms with Crippen LogP contribution in [0.1, 0.15) is 32.7 Å². The van der Waals surface area contributed by atoms with Crippen LogP contribution in [0.15, 0.2) is 55.1 Å². The van der Waals surface area contributed by atoms with Gasteiger partial charge in [-0.15, -0.1) is 0 Å². The summed E-state index contributed by atoms with van der Waals surface area (Å²) in [6.07, 6.45) is 2.60.